The van der Waals surface area contributed by atoms with Crippen molar-refractivity contribution >= 4 is 76.1 Å². The predicted octanol–water partition coefficient (Wildman–Crippen LogP) is 14.9. The fraction of sp³-hybridized carbons (Fsp3) is 0.0351. The van der Waals surface area contributed by atoms with Crippen LogP contribution in [-0.4, -0.2) is 19.5 Å². The molecule has 1 atom stereocenters. The number of benzene rings is 9. The van der Waals surface area contributed by atoms with Gasteiger partial charge in [-0.3, -0.25) is 0 Å². The molecule has 5 heteroatoms. The first-order valence-corrected chi connectivity index (χ1v) is 21.2. The quantitative estimate of drug-likeness (QED) is 0.174. The molecule has 0 spiro atoms. The van der Waals surface area contributed by atoms with Crippen LogP contribution in [0.2, 0.25) is 0 Å². The second-order valence-corrected chi connectivity index (χ2v) is 16.3. The monoisotopic (exact) mass is 792 g/mol. The number of hydrogen-bond acceptors (Lipinski definition) is 4. The molecular formula is C57H36N4O. The first-order valence-electron chi connectivity index (χ1n) is 21.2. The van der Waals surface area contributed by atoms with Crippen molar-refractivity contribution in [2.75, 3.05) is 0 Å². The summed E-state index contributed by atoms with van der Waals surface area (Å²) in [4.78, 5) is 15.4. The van der Waals surface area contributed by atoms with Crippen LogP contribution in [0.25, 0.3) is 116 Å². The molecule has 5 nitrogen and oxygen atoms in total. The van der Waals surface area contributed by atoms with Gasteiger partial charge < -0.3 is 8.98 Å². The number of aromatic nitrogens is 4. The summed E-state index contributed by atoms with van der Waals surface area (Å²) in [6.07, 6.45) is 9.66. The number of nitrogens with zero attached hydrogens (tertiary/aromatic N) is 4. The Morgan fingerprint density at radius 2 is 1.21 bits per heavy atom. The average Bonchev–Trinajstić information content (AvgIpc) is 3.89. The first kappa shape index (κ1) is 34.7. The van der Waals surface area contributed by atoms with E-state index in [0.717, 1.165) is 67.0 Å². The molecule has 1 unspecified atom stereocenters. The van der Waals surface area contributed by atoms with Gasteiger partial charge in [-0.05, 0) is 69.2 Å². The smallest absolute Gasteiger partial charge is 0.164 e. The Labute approximate surface area is 356 Å². The van der Waals surface area contributed by atoms with Crippen LogP contribution in [0.1, 0.15) is 17.9 Å². The number of para-hydroxylation sites is 1. The van der Waals surface area contributed by atoms with Crippen molar-refractivity contribution in [3.05, 3.63) is 206 Å². The molecule has 0 saturated carbocycles. The fourth-order valence-corrected chi connectivity index (χ4v) is 9.82. The van der Waals surface area contributed by atoms with Crippen LogP contribution in [0.15, 0.2) is 205 Å². The standard InChI is InChI=1S/C57H36N4O/c1-3-14-35(15-4-1)42-21-11-12-23-46(42)57-59-55(37-17-5-2-6-18-37)58-56(60-57)41-27-29-43-40(32-41)28-31-51-52(43)47-24-13-25-49(54(47)62-51)61-50-34-39-20-8-7-19-38(39)33-48(50)45-30-26-36-16-9-10-22-44(36)53(45)61/h1-14,16-35H,15H2. The summed E-state index contributed by atoms with van der Waals surface area (Å²) in [5.74, 6) is 2.20. The van der Waals surface area contributed by atoms with Gasteiger partial charge >= 0.3 is 0 Å². The third kappa shape index (κ3) is 5.38. The molecule has 13 rings (SSSR count). The zero-order valence-corrected chi connectivity index (χ0v) is 33.5. The third-order valence-electron chi connectivity index (χ3n) is 12.7. The minimum atomic E-state index is 0.249. The van der Waals surface area contributed by atoms with Gasteiger partial charge in [0.25, 0.3) is 0 Å². The molecule has 1 aliphatic rings. The molecule has 0 fully saturated rings. The Morgan fingerprint density at radius 1 is 0.484 bits per heavy atom. The van der Waals surface area contributed by atoms with Crippen LogP contribution in [0.4, 0.5) is 0 Å². The molecule has 1 aliphatic carbocycles. The molecule has 3 heterocycles. The number of fused-ring (bicyclic) bond motifs is 11. The van der Waals surface area contributed by atoms with Gasteiger partial charge in [0.1, 0.15) is 5.58 Å². The number of furan rings is 1. The topological polar surface area (TPSA) is 56.7 Å². The van der Waals surface area contributed by atoms with Gasteiger partial charge in [-0.25, -0.2) is 15.0 Å². The third-order valence-corrected chi connectivity index (χ3v) is 12.7. The lowest BCUT2D eigenvalue weighted by molar-refractivity contribution is 0.666. The zero-order valence-electron chi connectivity index (χ0n) is 33.5. The maximum atomic E-state index is 6.96. The van der Waals surface area contributed by atoms with Gasteiger partial charge in [0, 0.05) is 49.5 Å². The first-order chi connectivity index (χ1) is 30.7. The molecule has 0 radical (unpaired) electrons. The Balaban J connectivity index is 1.00. The minimum absolute atomic E-state index is 0.249. The van der Waals surface area contributed by atoms with Crippen LogP contribution >= 0.6 is 0 Å². The van der Waals surface area contributed by atoms with Crippen LogP contribution in [-0.2, 0) is 0 Å². The van der Waals surface area contributed by atoms with Gasteiger partial charge in [0.2, 0.25) is 0 Å². The summed E-state index contributed by atoms with van der Waals surface area (Å²) in [7, 11) is 0. The van der Waals surface area contributed by atoms with E-state index in [1.807, 2.05) is 18.2 Å². The van der Waals surface area contributed by atoms with Gasteiger partial charge in [0.15, 0.2) is 23.1 Å². The van der Waals surface area contributed by atoms with Crippen molar-refractivity contribution in [1.29, 1.82) is 0 Å². The molecule has 0 saturated heterocycles. The largest absolute Gasteiger partial charge is 0.454 e. The molecule has 62 heavy (non-hydrogen) atoms. The lowest BCUT2D eigenvalue weighted by Crippen LogP contribution is -2.04. The molecular weight excluding hydrogens is 757 g/mol. The van der Waals surface area contributed by atoms with E-state index in [9.17, 15) is 0 Å². The van der Waals surface area contributed by atoms with Crippen molar-refractivity contribution < 1.29 is 4.42 Å². The molecule has 3 aromatic heterocycles. The normalized spacial score (nSPS) is 14.1. The highest BCUT2D eigenvalue weighted by atomic mass is 16.3. The summed E-state index contributed by atoms with van der Waals surface area (Å²) < 4.78 is 9.38. The van der Waals surface area contributed by atoms with E-state index in [2.05, 4.69) is 187 Å². The van der Waals surface area contributed by atoms with Crippen molar-refractivity contribution in [3.8, 4) is 39.9 Å². The molecule has 0 bridgehead atoms. The highest BCUT2D eigenvalue weighted by molar-refractivity contribution is 6.23. The lowest BCUT2D eigenvalue weighted by atomic mass is 9.89. The van der Waals surface area contributed by atoms with E-state index >= 15 is 0 Å². The van der Waals surface area contributed by atoms with Crippen molar-refractivity contribution in [2.45, 2.75) is 12.3 Å². The maximum Gasteiger partial charge on any atom is 0.164 e. The number of hydrogen-bond donors (Lipinski definition) is 0. The number of allylic oxidation sites excluding steroid dienone is 4. The van der Waals surface area contributed by atoms with E-state index in [1.54, 1.807) is 0 Å². The van der Waals surface area contributed by atoms with Crippen LogP contribution < -0.4 is 0 Å². The molecule has 9 aromatic carbocycles. The summed E-state index contributed by atoms with van der Waals surface area (Å²) in [6.45, 7) is 0. The molecule has 0 amide bonds. The van der Waals surface area contributed by atoms with Gasteiger partial charge in [0.05, 0.1) is 16.7 Å². The van der Waals surface area contributed by atoms with Crippen molar-refractivity contribution in [1.82, 2.24) is 19.5 Å². The average molecular weight is 793 g/mol. The Kier molecular flexibility index (Phi) is 7.66. The van der Waals surface area contributed by atoms with Gasteiger partial charge in [-0.1, -0.05) is 170 Å². The van der Waals surface area contributed by atoms with E-state index in [-0.39, 0.29) is 5.92 Å². The second kappa shape index (κ2) is 13.7. The Bertz CT molecular complexity index is 3850. The Hall–Kier alpha value is -8.15. The maximum absolute atomic E-state index is 6.96. The lowest BCUT2D eigenvalue weighted by Gasteiger charge is -2.18. The molecule has 290 valence electrons. The second-order valence-electron chi connectivity index (χ2n) is 16.3. The van der Waals surface area contributed by atoms with Gasteiger partial charge in [-0.2, -0.15) is 0 Å². The summed E-state index contributed by atoms with van der Waals surface area (Å²) in [5, 5.41) is 11.6. The predicted molar refractivity (Wildman–Crippen MR) is 256 cm³/mol. The molecule has 0 aliphatic heterocycles. The number of rotatable bonds is 5. The SMILES string of the molecule is C1=CCC(c2ccccc2-c2nc(-c3ccccc3)nc(-c3ccc4c(ccc5oc6c(-n7c8cc9ccccc9cc8c8ccc9ccccc9c87)cccc6c54)c3)n2)C=C1. The van der Waals surface area contributed by atoms with E-state index in [4.69, 9.17) is 19.4 Å². The van der Waals surface area contributed by atoms with Crippen LogP contribution in [0.5, 0.6) is 0 Å². The van der Waals surface area contributed by atoms with Crippen molar-refractivity contribution in [2.24, 2.45) is 0 Å². The summed E-state index contributed by atoms with van der Waals surface area (Å²) in [5.41, 5.74) is 9.15. The van der Waals surface area contributed by atoms with Crippen molar-refractivity contribution in [3.63, 3.8) is 0 Å². The summed E-state index contributed by atoms with van der Waals surface area (Å²) >= 11 is 0. The highest BCUT2D eigenvalue weighted by Crippen LogP contribution is 2.43. The highest BCUT2D eigenvalue weighted by Gasteiger charge is 2.22. The Morgan fingerprint density at radius 3 is 2.08 bits per heavy atom. The zero-order chi connectivity index (χ0) is 40.7. The fourth-order valence-electron chi connectivity index (χ4n) is 9.82. The van der Waals surface area contributed by atoms with Gasteiger partial charge in [-0.15, -0.1) is 0 Å². The molecule has 0 N–H and O–H groups in total. The minimum Gasteiger partial charge on any atom is -0.454 e. The van der Waals surface area contributed by atoms with Crippen LogP contribution in [0, 0.1) is 0 Å². The van der Waals surface area contributed by atoms with E-state index in [0.29, 0.717) is 17.5 Å². The van der Waals surface area contributed by atoms with E-state index in [1.165, 1.54) is 43.4 Å². The van der Waals surface area contributed by atoms with Crippen LogP contribution in [0.3, 0.4) is 0 Å². The summed E-state index contributed by atoms with van der Waals surface area (Å²) in [6, 6.07) is 62.5. The molecule has 12 aromatic rings. The van der Waals surface area contributed by atoms with E-state index < -0.39 is 0 Å².